The third-order valence-corrected chi connectivity index (χ3v) is 4.35. The summed E-state index contributed by atoms with van der Waals surface area (Å²) in [5, 5.41) is 2.93. The number of oxazole rings is 1. The van der Waals surface area contributed by atoms with Gasteiger partial charge in [0.05, 0.1) is 11.6 Å². The Morgan fingerprint density at radius 3 is 3.00 bits per heavy atom. The first-order valence-electron chi connectivity index (χ1n) is 7.33. The molecule has 22 heavy (non-hydrogen) atoms. The van der Waals surface area contributed by atoms with E-state index in [0.717, 1.165) is 18.4 Å². The highest BCUT2D eigenvalue weighted by atomic mass is 32.1. The molecule has 114 valence electrons. The smallest absolute Gasteiger partial charge is 0.266 e. The summed E-state index contributed by atoms with van der Waals surface area (Å²) in [6.45, 7) is 0.613. The van der Waals surface area contributed by atoms with E-state index in [1.165, 1.54) is 0 Å². The van der Waals surface area contributed by atoms with Crippen LogP contribution >= 0.6 is 12.2 Å². The molecule has 6 nitrogen and oxygen atoms in total. The summed E-state index contributed by atoms with van der Waals surface area (Å²) in [5.41, 5.74) is 1.82. The van der Waals surface area contributed by atoms with Gasteiger partial charge in [-0.2, -0.15) is 0 Å². The summed E-state index contributed by atoms with van der Waals surface area (Å²) < 4.78 is 5.32. The van der Waals surface area contributed by atoms with Crippen molar-refractivity contribution in [1.29, 1.82) is 0 Å². The zero-order chi connectivity index (χ0) is 15.3. The van der Waals surface area contributed by atoms with Gasteiger partial charge in [0, 0.05) is 24.6 Å². The van der Waals surface area contributed by atoms with Gasteiger partial charge in [0.25, 0.3) is 10.7 Å². The van der Waals surface area contributed by atoms with Gasteiger partial charge in [0.1, 0.15) is 0 Å². The van der Waals surface area contributed by atoms with Crippen LogP contribution in [0.4, 0.5) is 0 Å². The molecule has 1 aromatic heterocycles. The summed E-state index contributed by atoms with van der Waals surface area (Å²) in [6.07, 6.45) is 2.55. The highest BCUT2D eigenvalue weighted by Gasteiger charge is 2.39. The lowest BCUT2D eigenvalue weighted by Gasteiger charge is -2.16. The summed E-state index contributed by atoms with van der Waals surface area (Å²) >= 11 is 4.93. The van der Waals surface area contributed by atoms with Gasteiger partial charge in [-0.25, -0.2) is 0 Å². The first-order chi connectivity index (χ1) is 10.6. The molecule has 2 aliphatic rings. The monoisotopic (exact) mass is 317 g/mol. The molecule has 1 unspecified atom stereocenters. The first-order valence-corrected chi connectivity index (χ1v) is 7.74. The number of nitrogens with one attached hydrogen (secondary N) is 2. The first kappa shape index (κ1) is 13.5. The highest BCUT2D eigenvalue weighted by molar-refractivity contribution is 7.71. The molecule has 1 saturated heterocycles. The number of aromatic amines is 1. The molecule has 2 aromatic rings. The Hall–Kier alpha value is -2.15. The third-order valence-electron chi connectivity index (χ3n) is 4.16. The van der Waals surface area contributed by atoms with E-state index < -0.39 is 0 Å². The summed E-state index contributed by atoms with van der Waals surface area (Å²) in [5.74, 6) is -0.0562. The van der Waals surface area contributed by atoms with Crippen molar-refractivity contribution in [1.82, 2.24) is 15.2 Å². The van der Waals surface area contributed by atoms with E-state index in [0.29, 0.717) is 30.2 Å². The summed E-state index contributed by atoms with van der Waals surface area (Å²) in [6, 6.07) is 5.42. The number of carbonyl (C=O) groups is 2. The molecule has 1 atom stereocenters. The Kier molecular flexibility index (Phi) is 3.04. The fraction of sp³-hybridized carbons (Fsp3) is 0.400. The summed E-state index contributed by atoms with van der Waals surface area (Å²) in [7, 11) is 0. The molecule has 0 bridgehead atoms. The van der Waals surface area contributed by atoms with Crippen LogP contribution in [-0.2, 0) is 4.79 Å². The zero-order valence-electron chi connectivity index (χ0n) is 11.8. The molecule has 0 radical (unpaired) electrons. The third kappa shape index (κ3) is 2.41. The van der Waals surface area contributed by atoms with Crippen LogP contribution in [-0.4, -0.2) is 40.3 Å². The second-order valence-electron chi connectivity index (χ2n) is 5.88. The van der Waals surface area contributed by atoms with Crippen LogP contribution in [0.1, 0.15) is 29.6 Å². The number of H-pyrrole nitrogens is 1. The number of hydrogen-bond donors (Lipinski definition) is 2. The van der Waals surface area contributed by atoms with E-state index in [1.54, 1.807) is 18.2 Å². The van der Waals surface area contributed by atoms with Gasteiger partial charge in [0.15, 0.2) is 5.58 Å². The molecule has 2 fully saturated rings. The molecule has 7 heteroatoms. The Bertz CT molecular complexity index is 821. The average Bonchev–Trinajstić information content (AvgIpc) is 3.15. The predicted octanol–water partition coefficient (Wildman–Crippen LogP) is 1.98. The average molecular weight is 317 g/mol. The molecule has 1 aromatic carbocycles. The molecule has 1 aliphatic heterocycles. The van der Waals surface area contributed by atoms with Crippen LogP contribution in [0.2, 0.25) is 0 Å². The van der Waals surface area contributed by atoms with Crippen LogP contribution in [0, 0.1) is 4.84 Å². The highest BCUT2D eigenvalue weighted by Crippen LogP contribution is 2.30. The van der Waals surface area contributed by atoms with Gasteiger partial charge in [-0.3, -0.25) is 9.59 Å². The SMILES string of the molecule is O=C(NC1CC(=O)N(C2CC2)C1)c1ccc2[nH]c(=S)oc2c1. The molecular formula is C15H15N3O3S. The molecule has 0 spiro atoms. The minimum atomic E-state index is -0.195. The van der Waals surface area contributed by atoms with Crippen LogP contribution in [0.3, 0.4) is 0 Å². The van der Waals surface area contributed by atoms with Gasteiger partial charge >= 0.3 is 0 Å². The van der Waals surface area contributed by atoms with Gasteiger partial charge < -0.3 is 19.6 Å². The lowest BCUT2D eigenvalue weighted by molar-refractivity contribution is -0.128. The number of rotatable bonds is 3. The second-order valence-corrected chi connectivity index (χ2v) is 6.25. The van der Waals surface area contributed by atoms with E-state index in [-0.39, 0.29) is 22.7 Å². The number of amides is 2. The maximum absolute atomic E-state index is 12.3. The molecular weight excluding hydrogens is 302 g/mol. The molecule has 2 heterocycles. The number of fused-ring (bicyclic) bond motifs is 1. The van der Waals surface area contributed by atoms with Gasteiger partial charge in [-0.1, -0.05) is 0 Å². The Balaban J connectivity index is 1.48. The van der Waals surface area contributed by atoms with Crippen molar-refractivity contribution in [3.63, 3.8) is 0 Å². The van der Waals surface area contributed by atoms with Crippen molar-refractivity contribution in [3.8, 4) is 0 Å². The lowest BCUT2D eigenvalue weighted by Crippen LogP contribution is -2.37. The van der Waals surface area contributed by atoms with Crippen LogP contribution < -0.4 is 5.32 Å². The number of hydrogen-bond acceptors (Lipinski definition) is 4. The lowest BCUT2D eigenvalue weighted by atomic mass is 10.1. The summed E-state index contributed by atoms with van der Waals surface area (Å²) in [4.78, 5) is 29.3. The van der Waals surface area contributed by atoms with E-state index in [4.69, 9.17) is 16.6 Å². The van der Waals surface area contributed by atoms with Crippen molar-refractivity contribution in [2.75, 3.05) is 6.54 Å². The number of benzene rings is 1. The fourth-order valence-corrected chi connectivity index (χ4v) is 3.12. The number of aromatic nitrogens is 1. The molecule has 2 N–H and O–H groups in total. The molecule has 4 rings (SSSR count). The maximum atomic E-state index is 12.3. The van der Waals surface area contributed by atoms with E-state index in [2.05, 4.69) is 10.3 Å². The van der Waals surface area contributed by atoms with Crippen LogP contribution in [0.5, 0.6) is 0 Å². The standard InChI is InChI=1S/C15H15N3O3S/c19-13-6-9(7-18(13)10-2-3-10)16-14(20)8-1-4-11-12(5-8)21-15(22)17-11/h1,4-5,9-10H,2-3,6-7H2,(H,16,20)(H,17,22). The van der Waals surface area contributed by atoms with Crippen molar-refractivity contribution < 1.29 is 14.0 Å². The number of nitrogens with zero attached hydrogens (tertiary/aromatic N) is 1. The van der Waals surface area contributed by atoms with Crippen molar-refractivity contribution in [2.24, 2.45) is 0 Å². The Morgan fingerprint density at radius 1 is 1.41 bits per heavy atom. The van der Waals surface area contributed by atoms with E-state index >= 15 is 0 Å². The zero-order valence-corrected chi connectivity index (χ0v) is 12.6. The largest absolute Gasteiger partial charge is 0.429 e. The van der Waals surface area contributed by atoms with Crippen molar-refractivity contribution in [3.05, 3.63) is 28.6 Å². The normalized spacial score (nSPS) is 21.5. The Labute approximate surface area is 131 Å². The Morgan fingerprint density at radius 2 is 2.23 bits per heavy atom. The molecule has 2 amide bonds. The van der Waals surface area contributed by atoms with Gasteiger partial charge in [-0.15, -0.1) is 0 Å². The van der Waals surface area contributed by atoms with Gasteiger partial charge in [-0.05, 0) is 43.3 Å². The number of likely N-dealkylation sites (tertiary alicyclic amines) is 1. The maximum Gasteiger partial charge on any atom is 0.266 e. The predicted molar refractivity (Wildman–Crippen MR) is 82.0 cm³/mol. The fourth-order valence-electron chi connectivity index (χ4n) is 2.92. The van der Waals surface area contributed by atoms with Crippen molar-refractivity contribution in [2.45, 2.75) is 31.3 Å². The molecule has 1 saturated carbocycles. The number of carbonyl (C=O) groups excluding carboxylic acids is 2. The van der Waals surface area contributed by atoms with Crippen LogP contribution in [0.25, 0.3) is 11.1 Å². The van der Waals surface area contributed by atoms with Gasteiger partial charge in [0.2, 0.25) is 5.91 Å². The minimum Gasteiger partial charge on any atom is -0.429 e. The van der Waals surface area contributed by atoms with Crippen LogP contribution in [0.15, 0.2) is 22.6 Å². The second kappa shape index (κ2) is 4.95. The topological polar surface area (TPSA) is 78.3 Å². The van der Waals surface area contributed by atoms with E-state index in [9.17, 15) is 9.59 Å². The van der Waals surface area contributed by atoms with Crippen molar-refractivity contribution >= 4 is 35.1 Å². The van der Waals surface area contributed by atoms with E-state index in [1.807, 2.05) is 4.90 Å². The molecule has 1 aliphatic carbocycles. The quantitative estimate of drug-likeness (QED) is 0.849. The minimum absolute atomic E-state index is 0.117.